The van der Waals surface area contributed by atoms with Gasteiger partial charge in [-0.2, -0.15) is 10.2 Å². The first-order valence-corrected chi connectivity index (χ1v) is 10.2. The molecule has 0 bridgehead atoms. The third kappa shape index (κ3) is 3.15. The van der Waals surface area contributed by atoms with E-state index in [1.807, 2.05) is 51.8 Å². The van der Waals surface area contributed by atoms with Gasteiger partial charge in [0.25, 0.3) is 0 Å². The highest BCUT2D eigenvalue weighted by Gasteiger charge is 2.13. The molecule has 5 aromatic heterocycles. The average molecular weight is 443 g/mol. The second-order valence-electron chi connectivity index (χ2n) is 7.34. The topological polar surface area (TPSA) is 110 Å². The lowest BCUT2D eigenvalue weighted by Crippen LogP contribution is -2.06. The summed E-state index contributed by atoms with van der Waals surface area (Å²) in [6.45, 7) is 0.496. The van der Waals surface area contributed by atoms with Crippen LogP contribution in [0.25, 0.3) is 39.0 Å². The quantitative estimate of drug-likeness (QED) is 0.434. The lowest BCUT2D eigenvalue weighted by Gasteiger charge is -2.08. The lowest BCUT2D eigenvalue weighted by atomic mass is 10.2. The number of fused-ring (bicyclic) bond motifs is 2. The molecule has 9 nitrogen and oxygen atoms in total. The van der Waals surface area contributed by atoms with E-state index in [9.17, 15) is 4.79 Å². The van der Waals surface area contributed by atoms with Crippen molar-refractivity contribution in [3.63, 3.8) is 0 Å². The van der Waals surface area contributed by atoms with Gasteiger partial charge in [-0.25, -0.2) is 9.48 Å². The minimum absolute atomic E-state index is 0.239. The Kier molecular flexibility index (Phi) is 4.15. The van der Waals surface area contributed by atoms with Gasteiger partial charge in [0.1, 0.15) is 0 Å². The van der Waals surface area contributed by atoms with Gasteiger partial charge in [-0.1, -0.05) is 11.6 Å². The number of halogens is 1. The Bertz CT molecular complexity index is 1640. The number of nitrogens with one attached hydrogen (secondary N) is 2. The molecule has 0 unspecified atom stereocenters. The summed E-state index contributed by atoms with van der Waals surface area (Å²) in [6.07, 6.45) is 6.93. The molecule has 156 valence electrons. The normalized spacial score (nSPS) is 11.5. The maximum Gasteiger partial charge on any atom is 0.323 e. The smallest absolute Gasteiger partial charge is 0.306 e. The van der Waals surface area contributed by atoms with Gasteiger partial charge in [-0.3, -0.25) is 14.6 Å². The molecule has 0 fully saturated rings. The van der Waals surface area contributed by atoms with Gasteiger partial charge < -0.3 is 9.97 Å². The summed E-state index contributed by atoms with van der Waals surface area (Å²) < 4.78 is 3.68. The van der Waals surface area contributed by atoms with Crippen molar-refractivity contribution in [2.75, 3.05) is 0 Å². The molecule has 0 aliphatic heterocycles. The number of H-pyrrole nitrogens is 2. The molecule has 32 heavy (non-hydrogen) atoms. The van der Waals surface area contributed by atoms with Gasteiger partial charge in [0.05, 0.1) is 57.1 Å². The van der Waals surface area contributed by atoms with Gasteiger partial charge in [0.15, 0.2) is 0 Å². The first-order chi connectivity index (χ1) is 15.6. The number of hydrogen-bond donors (Lipinski definition) is 2. The number of aromatic amines is 2. The second-order valence-corrected chi connectivity index (χ2v) is 7.77. The number of imidazole rings is 1. The Morgan fingerprint density at radius 3 is 2.69 bits per heavy atom. The molecule has 6 aromatic rings. The highest BCUT2D eigenvalue weighted by Crippen LogP contribution is 2.25. The Labute approximate surface area is 185 Å². The fourth-order valence-electron chi connectivity index (χ4n) is 3.75. The van der Waals surface area contributed by atoms with Crippen molar-refractivity contribution in [2.45, 2.75) is 6.54 Å². The van der Waals surface area contributed by atoms with Gasteiger partial charge >= 0.3 is 5.69 Å². The fourth-order valence-corrected chi connectivity index (χ4v) is 3.86. The van der Waals surface area contributed by atoms with Crippen LogP contribution in [0, 0.1) is 0 Å². The van der Waals surface area contributed by atoms with Crippen molar-refractivity contribution in [1.29, 1.82) is 0 Å². The molecule has 0 saturated carbocycles. The predicted octanol–water partition coefficient (Wildman–Crippen LogP) is 3.55. The van der Waals surface area contributed by atoms with E-state index in [-0.39, 0.29) is 5.69 Å². The first kappa shape index (κ1) is 18.5. The molecule has 0 spiro atoms. The van der Waals surface area contributed by atoms with E-state index in [0.717, 1.165) is 44.7 Å². The molecule has 0 atom stereocenters. The fraction of sp³-hybridized carbons (Fsp3) is 0.0455. The van der Waals surface area contributed by atoms with Crippen LogP contribution >= 0.6 is 11.6 Å². The molecule has 5 heterocycles. The Hall–Kier alpha value is -4.24. The van der Waals surface area contributed by atoms with E-state index in [1.54, 1.807) is 24.8 Å². The van der Waals surface area contributed by atoms with E-state index >= 15 is 0 Å². The number of nitrogens with zero attached hydrogens (tertiary/aromatic N) is 6. The molecule has 6 rings (SSSR count). The van der Waals surface area contributed by atoms with Gasteiger partial charge in [0, 0.05) is 24.0 Å². The number of pyridine rings is 2. The van der Waals surface area contributed by atoms with Crippen LogP contribution in [0.15, 0.2) is 72.0 Å². The molecule has 1 aromatic carbocycles. The minimum atomic E-state index is -0.239. The Morgan fingerprint density at radius 1 is 0.906 bits per heavy atom. The van der Waals surface area contributed by atoms with Crippen molar-refractivity contribution in [1.82, 2.24) is 39.5 Å². The van der Waals surface area contributed by atoms with Crippen LogP contribution < -0.4 is 5.69 Å². The van der Waals surface area contributed by atoms with E-state index < -0.39 is 0 Å². The standard InChI is InChI=1S/C22H15ClN8O/c23-14-1-2-15(24-11-14)12-30-20(5-6-26-30)19-8-21-13(9-25-19)10-27-31(21)16-3-4-17-18(7-16)29-22(32)28-17/h1-11H,12H2,(H2,28,29,32). The zero-order chi connectivity index (χ0) is 21.7. The van der Waals surface area contributed by atoms with E-state index in [1.165, 1.54) is 0 Å². The zero-order valence-corrected chi connectivity index (χ0v) is 17.3. The highest BCUT2D eigenvalue weighted by atomic mass is 35.5. The summed E-state index contributed by atoms with van der Waals surface area (Å²) in [5.41, 5.74) is 5.43. The molecule has 10 heteroatoms. The van der Waals surface area contributed by atoms with Crippen LogP contribution in [-0.2, 0) is 6.54 Å². The molecule has 0 aliphatic carbocycles. The van der Waals surface area contributed by atoms with Gasteiger partial charge in [-0.05, 0) is 42.5 Å². The predicted molar refractivity (Wildman–Crippen MR) is 121 cm³/mol. The number of rotatable bonds is 4. The Balaban J connectivity index is 1.42. The van der Waals surface area contributed by atoms with Crippen molar-refractivity contribution in [2.24, 2.45) is 0 Å². The van der Waals surface area contributed by atoms with E-state index in [2.05, 4.69) is 30.1 Å². The van der Waals surface area contributed by atoms with Gasteiger partial charge in [-0.15, -0.1) is 0 Å². The van der Waals surface area contributed by atoms with E-state index in [4.69, 9.17) is 11.6 Å². The number of aromatic nitrogens is 8. The van der Waals surface area contributed by atoms with Crippen molar-refractivity contribution in [3.8, 4) is 17.1 Å². The molecule has 0 amide bonds. The maximum absolute atomic E-state index is 11.6. The van der Waals surface area contributed by atoms with Gasteiger partial charge in [0.2, 0.25) is 0 Å². The molecule has 2 N–H and O–H groups in total. The van der Waals surface area contributed by atoms with Crippen LogP contribution in [0.5, 0.6) is 0 Å². The monoisotopic (exact) mass is 442 g/mol. The number of benzene rings is 1. The van der Waals surface area contributed by atoms with E-state index in [0.29, 0.717) is 11.6 Å². The second kappa shape index (κ2) is 7.17. The minimum Gasteiger partial charge on any atom is -0.306 e. The molecule has 0 aliphatic rings. The largest absolute Gasteiger partial charge is 0.323 e. The summed E-state index contributed by atoms with van der Waals surface area (Å²) in [6, 6.07) is 13.2. The zero-order valence-electron chi connectivity index (χ0n) is 16.5. The molecular formula is C22H15ClN8O. The first-order valence-electron chi connectivity index (χ1n) is 9.83. The summed E-state index contributed by atoms with van der Waals surface area (Å²) >= 11 is 5.94. The van der Waals surface area contributed by atoms with Crippen LogP contribution in [0.4, 0.5) is 0 Å². The summed E-state index contributed by atoms with van der Waals surface area (Å²) in [5, 5.41) is 10.5. The summed E-state index contributed by atoms with van der Waals surface area (Å²) in [5.74, 6) is 0. The van der Waals surface area contributed by atoms with Crippen LogP contribution in [-0.4, -0.2) is 39.5 Å². The maximum atomic E-state index is 11.6. The molecule has 0 radical (unpaired) electrons. The van der Waals surface area contributed by atoms with Crippen molar-refractivity contribution in [3.05, 3.63) is 88.5 Å². The van der Waals surface area contributed by atoms with Crippen LogP contribution in [0.1, 0.15) is 5.69 Å². The Morgan fingerprint density at radius 2 is 1.81 bits per heavy atom. The average Bonchev–Trinajstić information content (AvgIpc) is 3.51. The SMILES string of the molecule is O=c1[nH]c2ccc(-n3ncc4cnc(-c5ccnn5Cc5ccc(Cl)cn5)cc43)cc2[nH]1. The van der Waals surface area contributed by atoms with Crippen molar-refractivity contribution < 1.29 is 0 Å². The summed E-state index contributed by atoms with van der Waals surface area (Å²) in [7, 11) is 0. The third-order valence-electron chi connectivity index (χ3n) is 5.28. The highest BCUT2D eigenvalue weighted by molar-refractivity contribution is 6.30. The summed E-state index contributed by atoms with van der Waals surface area (Å²) in [4.78, 5) is 26.1. The number of hydrogen-bond acceptors (Lipinski definition) is 5. The lowest BCUT2D eigenvalue weighted by molar-refractivity contribution is 0.678. The third-order valence-corrected chi connectivity index (χ3v) is 5.50. The van der Waals surface area contributed by atoms with Crippen molar-refractivity contribution >= 4 is 33.5 Å². The van der Waals surface area contributed by atoms with Crippen LogP contribution in [0.2, 0.25) is 5.02 Å². The molecular weight excluding hydrogens is 428 g/mol. The van der Waals surface area contributed by atoms with Crippen LogP contribution in [0.3, 0.4) is 0 Å². The molecule has 0 saturated heterocycles.